The van der Waals surface area contributed by atoms with E-state index in [4.69, 9.17) is 0 Å². The van der Waals surface area contributed by atoms with Gasteiger partial charge in [0, 0.05) is 78.0 Å². The summed E-state index contributed by atoms with van der Waals surface area (Å²) in [5.41, 5.74) is 2.79. The summed E-state index contributed by atoms with van der Waals surface area (Å²) in [5, 5.41) is 0. The van der Waals surface area contributed by atoms with Crippen LogP contribution in [-0.4, -0.2) is 149 Å². The van der Waals surface area contributed by atoms with Crippen molar-refractivity contribution in [1.82, 2.24) is 29.4 Å². The third-order valence-corrected chi connectivity index (χ3v) is 7.34. The SMILES string of the molecule is CCN1CCN(C)CCN(C)CCN(C)CCN(C)CC(Cc2ccc(C)cc2)N(C)CC1. The van der Waals surface area contributed by atoms with Gasteiger partial charge in [0.05, 0.1) is 0 Å². The lowest BCUT2D eigenvalue weighted by atomic mass is 10.0. The summed E-state index contributed by atoms with van der Waals surface area (Å²) in [4.78, 5) is 15.2. The average molecular weight is 461 g/mol. The van der Waals surface area contributed by atoms with Gasteiger partial charge >= 0.3 is 0 Å². The van der Waals surface area contributed by atoms with E-state index in [-0.39, 0.29) is 0 Å². The molecular formula is C27H52N6. The van der Waals surface area contributed by atoms with Crippen LogP contribution in [0.15, 0.2) is 24.3 Å². The second kappa shape index (κ2) is 15.1. The summed E-state index contributed by atoms with van der Waals surface area (Å²) in [6.07, 6.45) is 1.11. The van der Waals surface area contributed by atoms with Gasteiger partial charge in [-0.2, -0.15) is 0 Å². The molecule has 1 saturated heterocycles. The van der Waals surface area contributed by atoms with E-state index in [1.54, 1.807) is 0 Å². The van der Waals surface area contributed by atoms with Crippen molar-refractivity contribution in [1.29, 1.82) is 0 Å². The fourth-order valence-corrected chi connectivity index (χ4v) is 4.39. The van der Waals surface area contributed by atoms with Crippen LogP contribution in [0, 0.1) is 6.92 Å². The maximum Gasteiger partial charge on any atom is 0.0260 e. The zero-order valence-electron chi connectivity index (χ0n) is 22.8. The van der Waals surface area contributed by atoms with Crippen molar-refractivity contribution >= 4 is 0 Å². The van der Waals surface area contributed by atoms with E-state index < -0.39 is 0 Å². The zero-order valence-corrected chi connectivity index (χ0v) is 22.8. The van der Waals surface area contributed by atoms with Gasteiger partial charge in [0.1, 0.15) is 0 Å². The molecule has 190 valence electrons. The Morgan fingerprint density at radius 3 is 1.61 bits per heavy atom. The Morgan fingerprint density at radius 2 is 1.09 bits per heavy atom. The minimum atomic E-state index is 0.523. The summed E-state index contributed by atoms with van der Waals surface area (Å²) in [5.74, 6) is 0. The van der Waals surface area contributed by atoms with Crippen molar-refractivity contribution in [3.05, 3.63) is 35.4 Å². The lowest BCUT2D eigenvalue weighted by Crippen LogP contribution is -2.47. The molecule has 2 rings (SSSR count). The fourth-order valence-electron chi connectivity index (χ4n) is 4.39. The van der Waals surface area contributed by atoms with E-state index in [2.05, 4.69) is 103 Å². The van der Waals surface area contributed by atoms with Gasteiger partial charge in [-0.3, -0.25) is 0 Å². The Hall–Kier alpha value is -1.02. The molecule has 1 aliphatic rings. The Kier molecular flexibility index (Phi) is 12.9. The van der Waals surface area contributed by atoms with Gasteiger partial charge in [-0.25, -0.2) is 0 Å². The highest BCUT2D eigenvalue weighted by Crippen LogP contribution is 2.11. The summed E-state index contributed by atoms with van der Waals surface area (Å²) in [6, 6.07) is 9.65. The summed E-state index contributed by atoms with van der Waals surface area (Å²) in [6.45, 7) is 18.0. The summed E-state index contributed by atoms with van der Waals surface area (Å²) >= 11 is 0. The second-order valence-electron chi connectivity index (χ2n) is 10.4. The summed E-state index contributed by atoms with van der Waals surface area (Å²) < 4.78 is 0. The molecule has 0 spiro atoms. The number of likely N-dealkylation sites (N-methyl/N-ethyl adjacent to an activating group) is 6. The number of hydrogen-bond donors (Lipinski definition) is 0. The molecular weight excluding hydrogens is 408 g/mol. The molecule has 0 radical (unpaired) electrons. The van der Waals surface area contributed by atoms with Gasteiger partial charge in [-0.05, 0) is 60.7 Å². The molecule has 0 bridgehead atoms. The Balaban J connectivity index is 2.07. The first-order chi connectivity index (χ1) is 15.8. The number of benzene rings is 1. The minimum Gasteiger partial charge on any atom is -0.304 e. The van der Waals surface area contributed by atoms with E-state index in [9.17, 15) is 0 Å². The number of hydrogen-bond acceptors (Lipinski definition) is 6. The normalized spacial score (nSPS) is 24.5. The van der Waals surface area contributed by atoms with E-state index in [1.807, 2.05) is 0 Å². The molecule has 1 fully saturated rings. The van der Waals surface area contributed by atoms with E-state index in [0.717, 1.165) is 85.0 Å². The smallest absolute Gasteiger partial charge is 0.0260 e. The van der Waals surface area contributed by atoms with Crippen LogP contribution in [0.5, 0.6) is 0 Å². The van der Waals surface area contributed by atoms with Crippen molar-refractivity contribution in [2.24, 2.45) is 0 Å². The number of aryl methyl sites for hydroxylation is 1. The van der Waals surface area contributed by atoms with Crippen molar-refractivity contribution in [2.75, 3.05) is 114 Å². The predicted molar refractivity (Wildman–Crippen MR) is 143 cm³/mol. The Bertz CT molecular complexity index is 636. The van der Waals surface area contributed by atoms with Gasteiger partial charge in [-0.15, -0.1) is 0 Å². The van der Waals surface area contributed by atoms with E-state index in [1.165, 1.54) is 11.1 Å². The van der Waals surface area contributed by atoms with Gasteiger partial charge in [0.25, 0.3) is 0 Å². The van der Waals surface area contributed by atoms with Crippen molar-refractivity contribution in [2.45, 2.75) is 26.3 Å². The van der Waals surface area contributed by atoms with Crippen LogP contribution in [0.2, 0.25) is 0 Å². The predicted octanol–water partition coefficient (Wildman–Crippen LogP) is 1.90. The fraction of sp³-hybridized carbons (Fsp3) is 0.778. The molecule has 0 aliphatic carbocycles. The van der Waals surface area contributed by atoms with Crippen LogP contribution in [0.3, 0.4) is 0 Å². The van der Waals surface area contributed by atoms with Gasteiger partial charge in [-0.1, -0.05) is 36.8 Å². The van der Waals surface area contributed by atoms with Crippen LogP contribution in [0.1, 0.15) is 18.1 Å². The molecule has 0 amide bonds. The van der Waals surface area contributed by atoms with Crippen molar-refractivity contribution < 1.29 is 0 Å². The van der Waals surface area contributed by atoms with Crippen LogP contribution >= 0.6 is 0 Å². The summed E-state index contributed by atoms with van der Waals surface area (Å²) in [7, 11) is 11.4. The largest absolute Gasteiger partial charge is 0.304 e. The van der Waals surface area contributed by atoms with Crippen molar-refractivity contribution in [3.8, 4) is 0 Å². The van der Waals surface area contributed by atoms with Crippen LogP contribution in [0.25, 0.3) is 0 Å². The first-order valence-corrected chi connectivity index (χ1v) is 13.0. The van der Waals surface area contributed by atoms with E-state index in [0.29, 0.717) is 6.04 Å². The maximum absolute atomic E-state index is 2.61. The molecule has 6 heteroatoms. The van der Waals surface area contributed by atoms with Crippen LogP contribution in [0.4, 0.5) is 0 Å². The number of rotatable bonds is 3. The molecule has 0 aromatic heterocycles. The average Bonchev–Trinajstić information content (AvgIpc) is 2.80. The standard InChI is InChI=1S/C27H52N6/c1-8-33-21-19-30(5)16-15-28(3)13-14-29(4)17-18-31(6)24-27(32(7)20-22-33)23-26-11-9-25(2)10-12-26/h9-12,27H,8,13-24H2,1-7H3. The first kappa shape index (κ1) is 28.2. The highest BCUT2D eigenvalue weighted by atomic mass is 15.3. The molecule has 6 nitrogen and oxygen atoms in total. The van der Waals surface area contributed by atoms with E-state index >= 15 is 0 Å². The lowest BCUT2D eigenvalue weighted by molar-refractivity contribution is 0.139. The maximum atomic E-state index is 2.61. The Labute approximate surface area is 205 Å². The quantitative estimate of drug-likeness (QED) is 0.681. The molecule has 1 atom stereocenters. The first-order valence-electron chi connectivity index (χ1n) is 13.0. The molecule has 1 aromatic rings. The molecule has 33 heavy (non-hydrogen) atoms. The lowest BCUT2D eigenvalue weighted by Gasteiger charge is -2.34. The third kappa shape index (κ3) is 11.3. The van der Waals surface area contributed by atoms with Gasteiger partial charge in [0.15, 0.2) is 0 Å². The molecule has 0 N–H and O–H groups in total. The molecule has 1 aliphatic heterocycles. The minimum absolute atomic E-state index is 0.523. The zero-order chi connectivity index (χ0) is 24.2. The molecule has 1 unspecified atom stereocenters. The van der Waals surface area contributed by atoms with Crippen LogP contribution < -0.4 is 0 Å². The number of nitrogens with zero attached hydrogens (tertiary/aromatic N) is 6. The van der Waals surface area contributed by atoms with Crippen LogP contribution in [-0.2, 0) is 6.42 Å². The Morgan fingerprint density at radius 1 is 0.636 bits per heavy atom. The highest BCUT2D eigenvalue weighted by Gasteiger charge is 2.19. The molecule has 1 aromatic carbocycles. The second-order valence-corrected chi connectivity index (χ2v) is 10.4. The third-order valence-electron chi connectivity index (χ3n) is 7.34. The monoisotopic (exact) mass is 460 g/mol. The van der Waals surface area contributed by atoms with Crippen molar-refractivity contribution in [3.63, 3.8) is 0 Å². The van der Waals surface area contributed by atoms with Gasteiger partial charge < -0.3 is 29.4 Å². The molecule has 0 saturated carbocycles. The highest BCUT2D eigenvalue weighted by molar-refractivity contribution is 5.22. The molecule has 1 heterocycles. The topological polar surface area (TPSA) is 19.4 Å². The van der Waals surface area contributed by atoms with Gasteiger partial charge in [0.2, 0.25) is 0 Å².